The second-order valence-electron chi connectivity index (χ2n) is 3.71. The van der Waals surface area contributed by atoms with Crippen LogP contribution in [0.4, 0.5) is 0 Å². The van der Waals surface area contributed by atoms with Gasteiger partial charge in [0.25, 0.3) is 0 Å². The van der Waals surface area contributed by atoms with E-state index in [1.54, 1.807) is 6.20 Å². The molecule has 0 bridgehead atoms. The molecule has 1 aromatic carbocycles. The minimum absolute atomic E-state index is 0.911. The lowest BCUT2D eigenvalue weighted by Gasteiger charge is -2.05. The quantitative estimate of drug-likeness (QED) is 0.617. The molecule has 0 atom stereocenters. The highest BCUT2D eigenvalue weighted by atomic mass is 15.1. The zero-order valence-corrected chi connectivity index (χ0v) is 8.96. The number of benzene rings is 1. The van der Waals surface area contributed by atoms with Crippen LogP contribution in [0, 0.1) is 6.92 Å². The smallest absolute Gasteiger partial charge is 0.138 e. The van der Waals surface area contributed by atoms with Gasteiger partial charge in [-0.15, -0.1) is 0 Å². The second-order valence-corrected chi connectivity index (χ2v) is 3.71. The fourth-order valence-electron chi connectivity index (χ4n) is 1.81. The van der Waals surface area contributed by atoms with E-state index in [0.29, 0.717) is 0 Å². The summed E-state index contributed by atoms with van der Waals surface area (Å²) in [6.45, 7) is 1.97. The number of pyridine rings is 1. The monoisotopic (exact) mass is 209 g/mol. The normalized spacial score (nSPS) is 10.8. The molecule has 0 radical (unpaired) electrons. The SMILES string of the molecule is Cc1nccn1-c1ccc2ccccc2n1. The van der Waals surface area contributed by atoms with Crippen LogP contribution in [-0.2, 0) is 0 Å². The summed E-state index contributed by atoms with van der Waals surface area (Å²) in [5.41, 5.74) is 1.01. The molecule has 0 aliphatic heterocycles. The predicted octanol–water partition coefficient (Wildman–Crippen LogP) is 2.73. The Morgan fingerprint density at radius 3 is 2.75 bits per heavy atom. The van der Waals surface area contributed by atoms with E-state index in [1.807, 2.05) is 42.0 Å². The van der Waals surface area contributed by atoms with E-state index in [-0.39, 0.29) is 0 Å². The molecule has 3 heteroatoms. The molecule has 0 fully saturated rings. The highest BCUT2D eigenvalue weighted by Crippen LogP contribution is 2.15. The third-order valence-electron chi connectivity index (χ3n) is 2.66. The van der Waals surface area contributed by atoms with Crippen molar-refractivity contribution in [3.05, 3.63) is 54.6 Å². The predicted molar refractivity (Wildman–Crippen MR) is 63.6 cm³/mol. The van der Waals surface area contributed by atoms with Crippen LogP contribution in [0.5, 0.6) is 0 Å². The number of imidazole rings is 1. The molecule has 2 heterocycles. The fourth-order valence-corrected chi connectivity index (χ4v) is 1.81. The van der Waals surface area contributed by atoms with E-state index >= 15 is 0 Å². The standard InChI is InChI=1S/C13H11N3/c1-10-14-8-9-16(10)13-7-6-11-4-2-3-5-12(11)15-13/h2-9H,1H3. The zero-order chi connectivity index (χ0) is 11.0. The number of para-hydroxylation sites is 1. The maximum absolute atomic E-state index is 4.60. The molecule has 0 aliphatic carbocycles. The van der Waals surface area contributed by atoms with E-state index in [4.69, 9.17) is 0 Å². The van der Waals surface area contributed by atoms with Crippen molar-refractivity contribution in [2.45, 2.75) is 6.92 Å². The summed E-state index contributed by atoms with van der Waals surface area (Å²) in [5, 5.41) is 1.16. The van der Waals surface area contributed by atoms with Gasteiger partial charge in [-0.05, 0) is 25.1 Å². The van der Waals surface area contributed by atoms with E-state index in [9.17, 15) is 0 Å². The molecule has 3 nitrogen and oxygen atoms in total. The first-order valence-corrected chi connectivity index (χ1v) is 5.21. The van der Waals surface area contributed by atoms with E-state index in [1.165, 1.54) is 0 Å². The van der Waals surface area contributed by atoms with E-state index < -0.39 is 0 Å². The average Bonchev–Trinajstić information content (AvgIpc) is 2.75. The molecule has 3 rings (SSSR count). The number of aromatic nitrogens is 3. The van der Waals surface area contributed by atoms with E-state index in [2.05, 4.69) is 22.1 Å². The summed E-state index contributed by atoms with van der Waals surface area (Å²) in [6.07, 6.45) is 3.71. The largest absolute Gasteiger partial charge is 0.288 e. The molecular formula is C13H11N3. The van der Waals surface area contributed by atoms with Crippen LogP contribution in [0.2, 0.25) is 0 Å². The van der Waals surface area contributed by atoms with Crippen molar-refractivity contribution < 1.29 is 0 Å². The lowest BCUT2D eigenvalue weighted by molar-refractivity contribution is 0.941. The number of fused-ring (bicyclic) bond motifs is 1. The van der Waals surface area contributed by atoms with Gasteiger partial charge in [0, 0.05) is 17.8 Å². The van der Waals surface area contributed by atoms with Crippen molar-refractivity contribution in [1.29, 1.82) is 0 Å². The van der Waals surface area contributed by atoms with Crippen LogP contribution >= 0.6 is 0 Å². The Morgan fingerprint density at radius 1 is 1.06 bits per heavy atom. The third kappa shape index (κ3) is 1.37. The van der Waals surface area contributed by atoms with Crippen LogP contribution in [-0.4, -0.2) is 14.5 Å². The maximum Gasteiger partial charge on any atom is 0.138 e. The van der Waals surface area contributed by atoms with Crippen molar-refractivity contribution in [2.75, 3.05) is 0 Å². The van der Waals surface area contributed by atoms with Gasteiger partial charge in [0.15, 0.2) is 0 Å². The Bertz CT molecular complexity index is 640. The molecule has 0 spiro atoms. The van der Waals surface area contributed by atoms with Crippen molar-refractivity contribution in [2.24, 2.45) is 0 Å². The van der Waals surface area contributed by atoms with E-state index in [0.717, 1.165) is 22.5 Å². The Labute approximate surface area is 93.4 Å². The van der Waals surface area contributed by atoms with Gasteiger partial charge in [0.1, 0.15) is 11.6 Å². The fraction of sp³-hybridized carbons (Fsp3) is 0.0769. The van der Waals surface area contributed by atoms with Gasteiger partial charge in [-0.3, -0.25) is 4.57 Å². The molecule has 0 unspecified atom stereocenters. The topological polar surface area (TPSA) is 30.7 Å². The molecule has 0 saturated carbocycles. The molecule has 2 aromatic heterocycles. The van der Waals surface area contributed by atoms with Gasteiger partial charge in [-0.2, -0.15) is 0 Å². The molecule has 16 heavy (non-hydrogen) atoms. The molecule has 0 amide bonds. The van der Waals surface area contributed by atoms with Gasteiger partial charge in [-0.1, -0.05) is 18.2 Å². The van der Waals surface area contributed by atoms with Crippen LogP contribution < -0.4 is 0 Å². The van der Waals surface area contributed by atoms with Gasteiger partial charge in [0.05, 0.1) is 5.52 Å². The van der Waals surface area contributed by atoms with Crippen LogP contribution in [0.1, 0.15) is 5.82 Å². The molecule has 0 saturated heterocycles. The summed E-state index contributed by atoms with van der Waals surface area (Å²) in [5.74, 6) is 1.86. The minimum atomic E-state index is 0.911. The van der Waals surface area contributed by atoms with Crippen molar-refractivity contribution in [1.82, 2.24) is 14.5 Å². The molecule has 0 aliphatic rings. The van der Waals surface area contributed by atoms with Crippen molar-refractivity contribution >= 4 is 10.9 Å². The summed E-state index contributed by atoms with van der Waals surface area (Å²) >= 11 is 0. The highest BCUT2D eigenvalue weighted by Gasteiger charge is 2.02. The molecule has 0 N–H and O–H groups in total. The molecular weight excluding hydrogens is 198 g/mol. The number of aryl methyl sites for hydroxylation is 1. The highest BCUT2D eigenvalue weighted by molar-refractivity contribution is 5.79. The lowest BCUT2D eigenvalue weighted by Crippen LogP contribution is -1.98. The summed E-state index contributed by atoms with van der Waals surface area (Å²) < 4.78 is 1.98. The zero-order valence-electron chi connectivity index (χ0n) is 8.96. The summed E-state index contributed by atoms with van der Waals surface area (Å²) in [7, 11) is 0. The molecule has 78 valence electrons. The third-order valence-corrected chi connectivity index (χ3v) is 2.66. The van der Waals surface area contributed by atoms with Crippen molar-refractivity contribution in [3.8, 4) is 5.82 Å². The van der Waals surface area contributed by atoms with Gasteiger partial charge in [0.2, 0.25) is 0 Å². The van der Waals surface area contributed by atoms with Crippen LogP contribution in [0.25, 0.3) is 16.7 Å². The first-order valence-electron chi connectivity index (χ1n) is 5.21. The number of hydrogen-bond acceptors (Lipinski definition) is 2. The first kappa shape index (κ1) is 9.09. The summed E-state index contributed by atoms with van der Waals surface area (Å²) in [6, 6.07) is 12.2. The van der Waals surface area contributed by atoms with Gasteiger partial charge < -0.3 is 0 Å². The number of nitrogens with zero attached hydrogens (tertiary/aromatic N) is 3. The Balaban J connectivity index is 2.23. The van der Waals surface area contributed by atoms with Crippen LogP contribution in [0.3, 0.4) is 0 Å². The second kappa shape index (κ2) is 3.45. The Kier molecular flexibility index (Phi) is 1.96. The van der Waals surface area contributed by atoms with Gasteiger partial charge in [-0.25, -0.2) is 9.97 Å². The number of hydrogen-bond donors (Lipinski definition) is 0. The van der Waals surface area contributed by atoms with Crippen LogP contribution in [0.15, 0.2) is 48.8 Å². The van der Waals surface area contributed by atoms with Gasteiger partial charge >= 0.3 is 0 Å². The number of rotatable bonds is 1. The molecule has 3 aromatic rings. The Morgan fingerprint density at radius 2 is 1.94 bits per heavy atom. The average molecular weight is 209 g/mol. The Hall–Kier alpha value is -2.16. The van der Waals surface area contributed by atoms with Crippen molar-refractivity contribution in [3.63, 3.8) is 0 Å². The first-order chi connectivity index (χ1) is 7.84. The lowest BCUT2D eigenvalue weighted by atomic mass is 10.2. The maximum atomic E-state index is 4.60. The summed E-state index contributed by atoms with van der Waals surface area (Å²) in [4.78, 5) is 8.80. The minimum Gasteiger partial charge on any atom is -0.288 e.